The van der Waals surface area contributed by atoms with E-state index in [9.17, 15) is 19.7 Å². The van der Waals surface area contributed by atoms with E-state index >= 15 is 0 Å². The molecule has 1 aliphatic carbocycles. The number of aryl methyl sites for hydroxylation is 1. The molecule has 0 spiro atoms. The number of amides is 2. The van der Waals surface area contributed by atoms with Crippen LogP contribution in [-0.2, 0) is 12.8 Å². The number of primary amides is 1. The Labute approximate surface area is 169 Å². The van der Waals surface area contributed by atoms with Crippen molar-refractivity contribution in [2.75, 3.05) is 5.43 Å². The van der Waals surface area contributed by atoms with Crippen LogP contribution in [0.4, 0.5) is 5.69 Å². The minimum atomic E-state index is -0.706. The second-order valence-corrected chi connectivity index (χ2v) is 6.88. The molecule has 4 rings (SSSR count). The molecule has 29 heavy (non-hydrogen) atoms. The molecule has 2 amide bonds. The molecule has 146 valence electrons. The summed E-state index contributed by atoms with van der Waals surface area (Å²) in [5.41, 5.74) is 10.8. The third-order valence-electron chi connectivity index (χ3n) is 4.75. The van der Waals surface area contributed by atoms with E-state index in [0.717, 1.165) is 17.2 Å². The number of benzene rings is 2. The minimum absolute atomic E-state index is 0.0460. The minimum Gasteiger partial charge on any atom is -0.364 e. The third-order valence-corrected chi connectivity index (χ3v) is 5.08. The lowest BCUT2D eigenvalue weighted by Gasteiger charge is -2.18. The molecule has 0 aliphatic heterocycles. The molecule has 2 aromatic carbocycles. The van der Waals surface area contributed by atoms with Crippen LogP contribution in [0.15, 0.2) is 42.5 Å². The number of rotatable bonds is 4. The first-order valence-electron chi connectivity index (χ1n) is 8.62. The average molecular weight is 412 g/mol. The fourth-order valence-corrected chi connectivity index (χ4v) is 3.63. The van der Waals surface area contributed by atoms with Gasteiger partial charge in [0.15, 0.2) is 5.69 Å². The first-order chi connectivity index (χ1) is 13.9. The molecule has 1 aromatic heterocycles. The van der Waals surface area contributed by atoms with Crippen molar-refractivity contribution in [2.24, 2.45) is 5.73 Å². The van der Waals surface area contributed by atoms with Crippen LogP contribution in [0.25, 0.3) is 11.3 Å². The number of nitro groups is 1. The zero-order valence-corrected chi connectivity index (χ0v) is 15.6. The Hall–Kier alpha value is -3.72. The van der Waals surface area contributed by atoms with Crippen LogP contribution in [0.2, 0.25) is 5.02 Å². The number of non-ortho nitro benzene ring substituents is 1. The SMILES string of the molecule is NC(=O)c1nn(NC(=O)c2cc([N+](=O)[O-])ccc2Cl)c2c1CCc1ccccc1-2. The molecule has 0 unspecified atom stereocenters. The van der Waals surface area contributed by atoms with Gasteiger partial charge in [0.05, 0.1) is 21.2 Å². The number of fused-ring (bicyclic) bond motifs is 3. The van der Waals surface area contributed by atoms with Gasteiger partial charge in [0.25, 0.3) is 17.5 Å². The van der Waals surface area contributed by atoms with Gasteiger partial charge in [0.2, 0.25) is 0 Å². The van der Waals surface area contributed by atoms with Gasteiger partial charge in [-0.1, -0.05) is 35.9 Å². The number of halogens is 1. The van der Waals surface area contributed by atoms with Gasteiger partial charge in [-0.2, -0.15) is 4.79 Å². The second-order valence-electron chi connectivity index (χ2n) is 6.47. The number of nitrogens with zero attached hydrogens (tertiary/aromatic N) is 3. The normalized spacial score (nSPS) is 12.0. The van der Waals surface area contributed by atoms with E-state index in [4.69, 9.17) is 17.3 Å². The smallest absolute Gasteiger partial charge is 0.273 e. The summed E-state index contributed by atoms with van der Waals surface area (Å²) in [7, 11) is 0. The maximum atomic E-state index is 12.8. The van der Waals surface area contributed by atoms with Gasteiger partial charge in [-0.3, -0.25) is 19.7 Å². The van der Waals surface area contributed by atoms with Crippen molar-refractivity contribution in [1.82, 2.24) is 9.89 Å². The summed E-state index contributed by atoms with van der Waals surface area (Å²) in [4.78, 5) is 36.2. The lowest BCUT2D eigenvalue weighted by atomic mass is 9.89. The van der Waals surface area contributed by atoms with Crippen LogP contribution in [0.1, 0.15) is 32.0 Å². The van der Waals surface area contributed by atoms with Crippen molar-refractivity contribution in [3.05, 3.63) is 80.0 Å². The number of hydrogen-bond donors (Lipinski definition) is 2. The van der Waals surface area contributed by atoms with Crippen molar-refractivity contribution in [3.8, 4) is 11.3 Å². The van der Waals surface area contributed by atoms with Gasteiger partial charge in [0.1, 0.15) is 0 Å². The summed E-state index contributed by atoms with van der Waals surface area (Å²) in [6, 6.07) is 11.1. The van der Waals surface area contributed by atoms with Crippen molar-refractivity contribution in [1.29, 1.82) is 0 Å². The van der Waals surface area contributed by atoms with Gasteiger partial charge in [-0.05, 0) is 24.5 Å². The van der Waals surface area contributed by atoms with E-state index < -0.39 is 16.7 Å². The maximum Gasteiger partial charge on any atom is 0.273 e. The topological polar surface area (TPSA) is 133 Å². The Morgan fingerprint density at radius 2 is 1.97 bits per heavy atom. The van der Waals surface area contributed by atoms with Gasteiger partial charge < -0.3 is 5.73 Å². The quantitative estimate of drug-likeness (QED) is 0.503. The Morgan fingerprint density at radius 1 is 1.21 bits per heavy atom. The van der Waals surface area contributed by atoms with Gasteiger partial charge >= 0.3 is 0 Å². The third kappa shape index (κ3) is 3.21. The zero-order chi connectivity index (χ0) is 20.7. The number of hydrogen-bond acceptors (Lipinski definition) is 5. The Kier molecular flexibility index (Phi) is 4.51. The maximum absolute atomic E-state index is 12.8. The van der Waals surface area contributed by atoms with Crippen LogP contribution >= 0.6 is 11.6 Å². The standard InChI is InChI=1S/C19H14ClN5O4/c20-15-8-6-11(25(28)29)9-14(15)19(27)23-24-17-12-4-2-1-3-10(12)5-7-13(17)16(22-24)18(21)26/h1-4,6,8-9H,5,7H2,(H2,21,26)(H,23,27). The van der Waals surface area contributed by atoms with Gasteiger partial charge in [0, 0.05) is 23.3 Å². The molecule has 0 bridgehead atoms. The molecule has 10 heteroatoms. The van der Waals surface area contributed by atoms with Gasteiger partial charge in [-0.25, -0.2) is 5.43 Å². The summed E-state index contributed by atoms with van der Waals surface area (Å²) in [5.74, 6) is -1.41. The molecule has 3 N–H and O–H groups in total. The van der Waals surface area contributed by atoms with Gasteiger partial charge in [-0.15, -0.1) is 5.10 Å². The summed E-state index contributed by atoms with van der Waals surface area (Å²) in [6.07, 6.45) is 1.25. The van der Waals surface area contributed by atoms with Crippen molar-refractivity contribution < 1.29 is 14.5 Å². The first kappa shape index (κ1) is 18.6. The Balaban J connectivity index is 1.80. The average Bonchev–Trinajstić information content (AvgIpc) is 3.07. The highest BCUT2D eigenvalue weighted by atomic mass is 35.5. The monoisotopic (exact) mass is 411 g/mol. The molecule has 3 aromatic rings. The van der Waals surface area contributed by atoms with Crippen LogP contribution < -0.4 is 11.2 Å². The fraction of sp³-hybridized carbons (Fsp3) is 0.105. The Morgan fingerprint density at radius 3 is 2.69 bits per heavy atom. The first-order valence-corrected chi connectivity index (χ1v) is 9.00. The molecule has 1 heterocycles. The lowest BCUT2D eigenvalue weighted by Crippen LogP contribution is -2.26. The number of carbonyl (C=O) groups excluding carboxylic acids is 2. The van der Waals surface area contributed by atoms with E-state index in [-0.39, 0.29) is 22.0 Å². The largest absolute Gasteiger partial charge is 0.364 e. The summed E-state index contributed by atoms with van der Waals surface area (Å²) >= 11 is 6.05. The number of nitrogens with two attached hydrogens (primary N) is 1. The van der Waals surface area contributed by atoms with E-state index in [1.54, 1.807) is 0 Å². The second kappa shape index (κ2) is 7.02. The fourth-order valence-electron chi connectivity index (χ4n) is 3.43. The van der Waals surface area contributed by atoms with E-state index in [1.807, 2.05) is 24.3 Å². The highest BCUT2D eigenvalue weighted by Gasteiger charge is 2.28. The van der Waals surface area contributed by atoms with E-state index in [1.165, 1.54) is 16.9 Å². The number of nitrogens with one attached hydrogen (secondary N) is 1. The van der Waals surface area contributed by atoms with Crippen LogP contribution in [-0.4, -0.2) is 26.6 Å². The predicted molar refractivity (Wildman–Crippen MR) is 105 cm³/mol. The molecule has 0 radical (unpaired) electrons. The molecule has 0 atom stereocenters. The molecule has 9 nitrogen and oxygen atoms in total. The highest BCUT2D eigenvalue weighted by molar-refractivity contribution is 6.34. The molecule has 1 aliphatic rings. The Bertz CT molecular complexity index is 1190. The number of nitro benzene ring substituents is 1. The van der Waals surface area contributed by atoms with Crippen LogP contribution in [0.3, 0.4) is 0 Å². The predicted octanol–water partition coefficient (Wildman–Crippen LogP) is 2.69. The summed E-state index contributed by atoms with van der Waals surface area (Å²) in [6.45, 7) is 0. The molecule has 0 saturated heterocycles. The van der Waals surface area contributed by atoms with Crippen molar-refractivity contribution >= 4 is 29.1 Å². The molecular weight excluding hydrogens is 398 g/mol. The highest BCUT2D eigenvalue weighted by Crippen LogP contribution is 2.35. The van der Waals surface area contributed by atoms with E-state index in [0.29, 0.717) is 24.1 Å². The molecule has 0 saturated carbocycles. The number of aromatic nitrogens is 2. The number of carbonyl (C=O) groups is 2. The lowest BCUT2D eigenvalue weighted by molar-refractivity contribution is -0.384. The van der Waals surface area contributed by atoms with Crippen LogP contribution in [0, 0.1) is 10.1 Å². The van der Waals surface area contributed by atoms with Crippen molar-refractivity contribution in [3.63, 3.8) is 0 Å². The zero-order valence-electron chi connectivity index (χ0n) is 14.9. The van der Waals surface area contributed by atoms with Crippen LogP contribution in [0.5, 0.6) is 0 Å². The van der Waals surface area contributed by atoms with Crippen molar-refractivity contribution in [2.45, 2.75) is 12.8 Å². The summed E-state index contributed by atoms with van der Waals surface area (Å²) < 4.78 is 0. The molecular formula is C19H14ClN5O4. The van der Waals surface area contributed by atoms with E-state index in [2.05, 4.69) is 10.5 Å². The molecule has 0 fully saturated rings. The summed E-state index contributed by atoms with van der Waals surface area (Å²) in [5, 5.41) is 15.2.